The number of rotatable bonds is 9. The van der Waals surface area contributed by atoms with Crippen molar-refractivity contribution in [2.45, 2.75) is 6.42 Å². The normalized spacial score (nSPS) is 10.9. The third-order valence-corrected chi connectivity index (χ3v) is 3.81. The summed E-state index contributed by atoms with van der Waals surface area (Å²) in [5.74, 6) is 3.65. The van der Waals surface area contributed by atoms with Gasteiger partial charge in [-0.3, -0.25) is 4.99 Å². The molecule has 2 rings (SSSR count). The number of benzene rings is 2. The molecule has 2 aromatic rings. The van der Waals surface area contributed by atoms with Gasteiger partial charge in [-0.2, -0.15) is 0 Å². The van der Waals surface area contributed by atoms with Crippen molar-refractivity contribution in [3.05, 3.63) is 42.5 Å². The highest BCUT2D eigenvalue weighted by Gasteiger charge is 2.06. The Kier molecular flexibility index (Phi) is 8.09. The molecule has 0 aliphatic carbocycles. The van der Waals surface area contributed by atoms with E-state index in [1.54, 1.807) is 28.4 Å². The zero-order chi connectivity index (χ0) is 19.5. The molecule has 0 saturated heterocycles. The minimum absolute atomic E-state index is 0.604. The Morgan fingerprint density at radius 1 is 0.889 bits per heavy atom. The van der Waals surface area contributed by atoms with Crippen LogP contribution in [0.3, 0.4) is 0 Å². The molecular weight excluding hydrogens is 346 g/mol. The number of guanidine groups is 1. The number of hydrogen-bond donors (Lipinski definition) is 2. The topological polar surface area (TPSA) is 73.3 Å². The second-order valence-corrected chi connectivity index (χ2v) is 5.57. The van der Waals surface area contributed by atoms with E-state index in [9.17, 15) is 0 Å². The number of anilines is 1. The summed E-state index contributed by atoms with van der Waals surface area (Å²) in [6.07, 6.45) is 0.832. The second-order valence-electron chi connectivity index (χ2n) is 5.57. The Morgan fingerprint density at radius 2 is 1.59 bits per heavy atom. The summed E-state index contributed by atoms with van der Waals surface area (Å²) in [4.78, 5) is 4.22. The lowest BCUT2D eigenvalue weighted by atomic mass is 10.3. The predicted molar refractivity (Wildman–Crippen MR) is 108 cm³/mol. The molecule has 0 unspecified atom stereocenters. The summed E-state index contributed by atoms with van der Waals surface area (Å²) in [6.45, 7) is 1.33. The molecule has 7 heteroatoms. The number of ether oxygens (including phenoxy) is 4. The number of nitrogens with one attached hydrogen (secondary N) is 2. The Morgan fingerprint density at radius 3 is 2.22 bits per heavy atom. The molecule has 0 amide bonds. The number of nitrogens with zero attached hydrogens (tertiary/aromatic N) is 1. The summed E-state index contributed by atoms with van der Waals surface area (Å²) in [6, 6.07) is 13.1. The first-order chi connectivity index (χ1) is 13.2. The van der Waals surface area contributed by atoms with Gasteiger partial charge in [0.05, 0.1) is 27.9 Å². The van der Waals surface area contributed by atoms with Crippen LogP contribution in [0.5, 0.6) is 23.0 Å². The highest BCUT2D eigenvalue weighted by molar-refractivity contribution is 5.93. The lowest BCUT2D eigenvalue weighted by molar-refractivity contribution is 0.310. The van der Waals surface area contributed by atoms with Crippen LogP contribution in [0.2, 0.25) is 0 Å². The molecule has 2 aromatic carbocycles. The second kappa shape index (κ2) is 10.8. The largest absolute Gasteiger partial charge is 0.497 e. The Labute approximate surface area is 160 Å². The van der Waals surface area contributed by atoms with Crippen LogP contribution in [-0.2, 0) is 0 Å². The molecule has 146 valence electrons. The molecule has 7 nitrogen and oxygen atoms in total. The van der Waals surface area contributed by atoms with Gasteiger partial charge in [0.25, 0.3) is 0 Å². The molecule has 2 N–H and O–H groups in total. The Hall–Kier alpha value is -3.09. The fourth-order valence-electron chi connectivity index (χ4n) is 2.37. The van der Waals surface area contributed by atoms with Gasteiger partial charge < -0.3 is 29.6 Å². The summed E-state index contributed by atoms with van der Waals surface area (Å²) in [5, 5.41) is 6.48. The molecule has 0 fully saturated rings. The molecule has 0 aromatic heterocycles. The van der Waals surface area contributed by atoms with E-state index in [0.29, 0.717) is 24.1 Å². The van der Waals surface area contributed by atoms with Crippen molar-refractivity contribution in [1.29, 1.82) is 0 Å². The van der Waals surface area contributed by atoms with Gasteiger partial charge in [-0.15, -0.1) is 0 Å². The Bertz CT molecular complexity index is 733. The van der Waals surface area contributed by atoms with Crippen LogP contribution in [-0.4, -0.2) is 47.5 Å². The fourth-order valence-corrected chi connectivity index (χ4v) is 2.37. The molecule has 0 bridgehead atoms. The first-order valence-electron chi connectivity index (χ1n) is 8.66. The van der Waals surface area contributed by atoms with Crippen molar-refractivity contribution in [3.8, 4) is 23.0 Å². The van der Waals surface area contributed by atoms with E-state index in [-0.39, 0.29) is 0 Å². The maximum absolute atomic E-state index is 5.71. The monoisotopic (exact) mass is 373 g/mol. The molecule has 0 aliphatic heterocycles. The Balaban J connectivity index is 1.75. The van der Waals surface area contributed by atoms with E-state index in [1.165, 1.54) is 0 Å². The van der Waals surface area contributed by atoms with Gasteiger partial charge in [-0.05, 0) is 42.8 Å². The molecule has 0 heterocycles. The maximum Gasteiger partial charge on any atom is 0.195 e. The van der Waals surface area contributed by atoms with E-state index in [0.717, 1.165) is 30.2 Å². The van der Waals surface area contributed by atoms with E-state index in [2.05, 4.69) is 15.6 Å². The van der Waals surface area contributed by atoms with Crippen LogP contribution in [0.25, 0.3) is 0 Å². The van der Waals surface area contributed by atoms with Crippen molar-refractivity contribution >= 4 is 11.6 Å². The molecule has 0 aliphatic rings. The van der Waals surface area contributed by atoms with Gasteiger partial charge in [-0.25, -0.2) is 0 Å². The van der Waals surface area contributed by atoms with Crippen LogP contribution >= 0.6 is 0 Å². The highest BCUT2D eigenvalue weighted by atomic mass is 16.5. The van der Waals surface area contributed by atoms with E-state index in [1.807, 2.05) is 42.5 Å². The average Bonchev–Trinajstić information content (AvgIpc) is 2.72. The van der Waals surface area contributed by atoms with Gasteiger partial charge in [0.2, 0.25) is 0 Å². The average molecular weight is 373 g/mol. The van der Waals surface area contributed by atoms with E-state index in [4.69, 9.17) is 18.9 Å². The van der Waals surface area contributed by atoms with Crippen LogP contribution in [0.4, 0.5) is 5.69 Å². The zero-order valence-electron chi connectivity index (χ0n) is 16.2. The summed E-state index contributed by atoms with van der Waals surface area (Å²) in [7, 11) is 6.59. The quantitative estimate of drug-likeness (QED) is 0.400. The first kappa shape index (κ1) is 20.2. The van der Waals surface area contributed by atoms with Crippen LogP contribution < -0.4 is 29.6 Å². The van der Waals surface area contributed by atoms with Crippen molar-refractivity contribution in [1.82, 2.24) is 5.32 Å². The molecule has 0 saturated carbocycles. The molecular formula is C20H27N3O4. The molecule has 27 heavy (non-hydrogen) atoms. The van der Waals surface area contributed by atoms with Gasteiger partial charge in [-0.1, -0.05) is 0 Å². The van der Waals surface area contributed by atoms with Crippen LogP contribution in [0.1, 0.15) is 6.42 Å². The number of methoxy groups -OCH3 is 3. The lowest BCUT2D eigenvalue weighted by Crippen LogP contribution is -2.32. The molecule has 0 spiro atoms. The van der Waals surface area contributed by atoms with E-state index >= 15 is 0 Å². The fraction of sp³-hybridized carbons (Fsp3) is 0.350. The van der Waals surface area contributed by atoms with Gasteiger partial charge in [0.1, 0.15) is 11.5 Å². The summed E-state index contributed by atoms with van der Waals surface area (Å²) < 4.78 is 21.4. The SMILES string of the molecule is CN=C(NCCCOc1ccc(OC)cc1)Nc1ccc(OC)c(OC)c1. The maximum atomic E-state index is 5.71. The van der Waals surface area contributed by atoms with Gasteiger partial charge >= 0.3 is 0 Å². The zero-order valence-corrected chi connectivity index (χ0v) is 16.2. The van der Waals surface area contributed by atoms with Crippen LogP contribution in [0, 0.1) is 0 Å². The first-order valence-corrected chi connectivity index (χ1v) is 8.66. The molecule has 0 radical (unpaired) electrons. The van der Waals surface area contributed by atoms with Crippen molar-refractivity contribution in [2.75, 3.05) is 46.8 Å². The van der Waals surface area contributed by atoms with Gasteiger partial charge in [0.15, 0.2) is 17.5 Å². The van der Waals surface area contributed by atoms with Crippen molar-refractivity contribution in [2.24, 2.45) is 4.99 Å². The number of aliphatic imine (C=N–C) groups is 1. The summed E-state index contributed by atoms with van der Waals surface area (Å²) >= 11 is 0. The smallest absolute Gasteiger partial charge is 0.195 e. The third kappa shape index (κ3) is 6.29. The molecule has 0 atom stereocenters. The minimum atomic E-state index is 0.604. The lowest BCUT2D eigenvalue weighted by Gasteiger charge is -2.14. The summed E-state index contributed by atoms with van der Waals surface area (Å²) in [5.41, 5.74) is 0.857. The minimum Gasteiger partial charge on any atom is -0.497 e. The number of hydrogen-bond acceptors (Lipinski definition) is 5. The van der Waals surface area contributed by atoms with Crippen LogP contribution in [0.15, 0.2) is 47.5 Å². The van der Waals surface area contributed by atoms with E-state index < -0.39 is 0 Å². The predicted octanol–water partition coefficient (Wildman–Crippen LogP) is 3.17. The van der Waals surface area contributed by atoms with Crippen molar-refractivity contribution in [3.63, 3.8) is 0 Å². The highest BCUT2D eigenvalue weighted by Crippen LogP contribution is 2.29. The third-order valence-electron chi connectivity index (χ3n) is 3.81. The van der Waals surface area contributed by atoms with Crippen molar-refractivity contribution < 1.29 is 18.9 Å². The van der Waals surface area contributed by atoms with Gasteiger partial charge in [0, 0.05) is 25.3 Å². The standard InChI is InChI=1S/C20H27N3O4/c1-21-20(23-15-6-11-18(25-3)19(14-15)26-4)22-12-5-13-27-17-9-7-16(24-2)8-10-17/h6-11,14H,5,12-13H2,1-4H3,(H2,21,22,23).